The van der Waals surface area contributed by atoms with Gasteiger partial charge in [-0.15, -0.1) is 11.3 Å². The number of nitrogens with one attached hydrogen (secondary N) is 1. The number of nitrogens with zero attached hydrogens (tertiary/aromatic N) is 1. The summed E-state index contributed by atoms with van der Waals surface area (Å²) in [5.74, 6) is 0.305. The smallest absolute Gasteiger partial charge is 0.348 e. The summed E-state index contributed by atoms with van der Waals surface area (Å²) in [5, 5.41) is 21.2. The first kappa shape index (κ1) is 21.4. The molecule has 3 N–H and O–H groups in total. The number of thiophene rings is 1. The topological polar surface area (TPSA) is 118 Å². The molecule has 0 saturated carbocycles. The Balaban J connectivity index is 1.67. The largest absolute Gasteiger partial charge is 0.465 e. The summed E-state index contributed by atoms with van der Waals surface area (Å²) in [6.45, 7) is -0.434. The summed E-state index contributed by atoms with van der Waals surface area (Å²) in [6, 6.07) is 8.77. The van der Waals surface area contributed by atoms with Gasteiger partial charge in [0.05, 0.1) is 30.7 Å². The Morgan fingerprint density at radius 3 is 2.73 bits per heavy atom. The van der Waals surface area contributed by atoms with Crippen molar-refractivity contribution < 1.29 is 29.3 Å². The standard InChI is InChI=1S/C21H20N2O6S/c1-28-21(27)18-8-16-17(10-22-11-19(16)30-18)29-15-5-2-13(3-6-15)4-7-20(26)23-9-14(25)12-24/h2-8,10-11,14,24-25H,9,12H2,1H3,(H,23,26). The zero-order valence-electron chi connectivity index (χ0n) is 16.1. The van der Waals surface area contributed by atoms with Gasteiger partial charge in [0.25, 0.3) is 0 Å². The fraction of sp³-hybridized carbons (Fsp3) is 0.190. The molecule has 0 saturated heterocycles. The van der Waals surface area contributed by atoms with Crippen LogP contribution >= 0.6 is 11.3 Å². The van der Waals surface area contributed by atoms with Crippen LogP contribution in [-0.4, -0.2) is 53.4 Å². The van der Waals surface area contributed by atoms with Crippen molar-refractivity contribution in [2.75, 3.05) is 20.3 Å². The molecule has 0 bridgehead atoms. The van der Waals surface area contributed by atoms with Gasteiger partial charge in [-0.25, -0.2) is 4.79 Å². The number of hydrogen-bond acceptors (Lipinski definition) is 8. The van der Waals surface area contributed by atoms with Gasteiger partial charge in [0.15, 0.2) is 5.75 Å². The van der Waals surface area contributed by atoms with Crippen LogP contribution in [0.4, 0.5) is 0 Å². The molecular weight excluding hydrogens is 408 g/mol. The number of hydrogen-bond donors (Lipinski definition) is 3. The monoisotopic (exact) mass is 428 g/mol. The third kappa shape index (κ3) is 5.41. The van der Waals surface area contributed by atoms with Gasteiger partial charge in [0, 0.05) is 24.2 Å². The van der Waals surface area contributed by atoms with Crippen molar-refractivity contribution >= 4 is 39.4 Å². The lowest BCUT2D eigenvalue weighted by Crippen LogP contribution is -2.32. The van der Waals surface area contributed by atoms with Crippen LogP contribution in [0, 0.1) is 0 Å². The first-order valence-electron chi connectivity index (χ1n) is 8.98. The highest BCUT2D eigenvalue weighted by atomic mass is 32.1. The second-order valence-electron chi connectivity index (χ2n) is 6.24. The number of rotatable bonds is 8. The van der Waals surface area contributed by atoms with Crippen LogP contribution in [-0.2, 0) is 9.53 Å². The molecule has 30 heavy (non-hydrogen) atoms. The molecule has 1 atom stereocenters. The Bertz CT molecular complexity index is 1060. The number of fused-ring (bicyclic) bond motifs is 1. The second-order valence-corrected chi connectivity index (χ2v) is 7.32. The van der Waals surface area contributed by atoms with Gasteiger partial charge in [0.2, 0.25) is 5.91 Å². The van der Waals surface area contributed by atoms with Crippen molar-refractivity contribution in [3.63, 3.8) is 0 Å². The summed E-state index contributed by atoms with van der Waals surface area (Å²) in [5.41, 5.74) is 0.778. The van der Waals surface area contributed by atoms with Gasteiger partial charge in [-0.05, 0) is 29.8 Å². The Hall–Kier alpha value is -3.27. The minimum Gasteiger partial charge on any atom is -0.465 e. The lowest BCUT2D eigenvalue weighted by molar-refractivity contribution is -0.117. The molecule has 0 radical (unpaired) electrons. The third-order valence-electron chi connectivity index (χ3n) is 4.05. The second kappa shape index (κ2) is 9.97. The molecule has 0 aliphatic carbocycles. The molecule has 156 valence electrons. The van der Waals surface area contributed by atoms with Crippen LogP contribution in [0.25, 0.3) is 16.2 Å². The van der Waals surface area contributed by atoms with E-state index < -0.39 is 18.7 Å². The quantitative estimate of drug-likeness (QED) is 0.372. The van der Waals surface area contributed by atoms with E-state index in [0.29, 0.717) is 16.4 Å². The van der Waals surface area contributed by atoms with Crippen LogP contribution in [0.2, 0.25) is 0 Å². The van der Waals surface area contributed by atoms with Crippen LogP contribution in [0.15, 0.2) is 48.8 Å². The molecule has 0 spiro atoms. The van der Waals surface area contributed by atoms with Crippen molar-refractivity contribution in [2.24, 2.45) is 0 Å². The number of esters is 1. The average molecular weight is 428 g/mol. The molecule has 3 aromatic rings. The van der Waals surface area contributed by atoms with Crippen LogP contribution in [0.3, 0.4) is 0 Å². The lowest BCUT2D eigenvalue weighted by Gasteiger charge is -2.07. The first-order valence-corrected chi connectivity index (χ1v) is 9.80. The van der Waals surface area contributed by atoms with Crippen LogP contribution in [0.1, 0.15) is 15.2 Å². The zero-order chi connectivity index (χ0) is 21.5. The molecule has 1 aromatic carbocycles. The van der Waals surface area contributed by atoms with Gasteiger partial charge < -0.3 is 25.0 Å². The highest BCUT2D eigenvalue weighted by Crippen LogP contribution is 2.34. The summed E-state index contributed by atoms with van der Waals surface area (Å²) in [7, 11) is 1.33. The average Bonchev–Trinajstić information content (AvgIpc) is 3.22. The first-order chi connectivity index (χ1) is 14.5. The normalized spacial score (nSPS) is 12.1. The maximum Gasteiger partial charge on any atom is 0.348 e. The maximum atomic E-state index is 11.8. The number of aromatic nitrogens is 1. The molecule has 0 fully saturated rings. The molecule has 2 aromatic heterocycles. The SMILES string of the molecule is COC(=O)c1cc2c(Oc3ccc(C=CC(=O)NCC(O)CO)cc3)cncc2s1. The molecule has 8 nitrogen and oxygen atoms in total. The van der Waals surface area contributed by atoms with E-state index in [-0.39, 0.29) is 12.5 Å². The number of pyridine rings is 1. The van der Waals surface area contributed by atoms with Gasteiger partial charge in [0.1, 0.15) is 10.6 Å². The highest BCUT2D eigenvalue weighted by molar-refractivity contribution is 7.20. The molecule has 1 amide bonds. The Morgan fingerprint density at radius 1 is 1.27 bits per heavy atom. The Morgan fingerprint density at radius 2 is 2.03 bits per heavy atom. The predicted octanol–water partition coefficient (Wildman–Crippen LogP) is 2.36. The number of aliphatic hydroxyl groups is 2. The Kier molecular flexibility index (Phi) is 7.12. The fourth-order valence-corrected chi connectivity index (χ4v) is 3.47. The summed E-state index contributed by atoms with van der Waals surface area (Å²) in [4.78, 5) is 28.1. The van der Waals surface area contributed by atoms with Crippen molar-refractivity contribution in [3.05, 3.63) is 59.2 Å². The van der Waals surface area contributed by atoms with Gasteiger partial charge in [-0.1, -0.05) is 12.1 Å². The van der Waals surface area contributed by atoms with Gasteiger partial charge in [-0.2, -0.15) is 0 Å². The van der Waals surface area contributed by atoms with E-state index in [0.717, 1.165) is 15.6 Å². The van der Waals surface area contributed by atoms with E-state index in [1.165, 1.54) is 24.5 Å². The van der Waals surface area contributed by atoms with Crippen LogP contribution in [0.5, 0.6) is 11.5 Å². The number of aliphatic hydroxyl groups excluding tert-OH is 2. The number of carbonyl (C=O) groups excluding carboxylic acids is 2. The number of methoxy groups -OCH3 is 1. The molecule has 2 heterocycles. The zero-order valence-corrected chi connectivity index (χ0v) is 16.9. The van der Waals surface area contributed by atoms with Crippen molar-refractivity contribution in [1.29, 1.82) is 0 Å². The Labute approximate surface area is 176 Å². The molecular formula is C21H20N2O6S. The van der Waals surface area contributed by atoms with E-state index in [9.17, 15) is 14.7 Å². The van der Waals surface area contributed by atoms with E-state index in [2.05, 4.69) is 10.3 Å². The van der Waals surface area contributed by atoms with Crippen LogP contribution < -0.4 is 10.1 Å². The van der Waals surface area contributed by atoms with Gasteiger partial charge >= 0.3 is 5.97 Å². The number of ether oxygens (including phenoxy) is 2. The fourth-order valence-electron chi connectivity index (χ4n) is 2.51. The predicted molar refractivity (Wildman–Crippen MR) is 113 cm³/mol. The maximum absolute atomic E-state index is 11.8. The summed E-state index contributed by atoms with van der Waals surface area (Å²) < 4.78 is 11.5. The third-order valence-corrected chi connectivity index (χ3v) is 5.10. The van der Waals surface area contributed by atoms with E-state index in [1.54, 1.807) is 48.8 Å². The summed E-state index contributed by atoms with van der Waals surface area (Å²) in [6.07, 6.45) is 5.22. The van der Waals surface area contributed by atoms with E-state index >= 15 is 0 Å². The number of carbonyl (C=O) groups is 2. The minimum absolute atomic E-state index is 0.0215. The minimum atomic E-state index is -0.982. The van der Waals surface area contributed by atoms with Crippen molar-refractivity contribution in [2.45, 2.75) is 6.10 Å². The molecule has 9 heteroatoms. The number of amides is 1. The molecule has 1 unspecified atom stereocenters. The molecule has 3 rings (SSSR count). The lowest BCUT2D eigenvalue weighted by atomic mass is 10.2. The number of benzene rings is 1. The van der Waals surface area contributed by atoms with E-state index in [1.807, 2.05) is 0 Å². The highest BCUT2D eigenvalue weighted by Gasteiger charge is 2.14. The van der Waals surface area contributed by atoms with Crippen molar-refractivity contribution in [1.82, 2.24) is 10.3 Å². The molecule has 0 aliphatic heterocycles. The molecule has 0 aliphatic rings. The van der Waals surface area contributed by atoms with Gasteiger partial charge in [-0.3, -0.25) is 9.78 Å². The van der Waals surface area contributed by atoms with Crippen molar-refractivity contribution in [3.8, 4) is 11.5 Å². The summed E-state index contributed by atoms with van der Waals surface area (Å²) >= 11 is 1.28. The van der Waals surface area contributed by atoms with E-state index in [4.69, 9.17) is 14.6 Å².